The molecule has 0 bridgehead atoms. The number of hydrogen-bond acceptors (Lipinski definition) is 5. The van der Waals surface area contributed by atoms with Crippen LogP contribution in [0.3, 0.4) is 0 Å². The van der Waals surface area contributed by atoms with Crippen LogP contribution >= 0.6 is 11.8 Å². The molecule has 1 unspecified atom stereocenters. The van der Waals surface area contributed by atoms with Crippen molar-refractivity contribution in [2.24, 2.45) is 0 Å². The third-order valence-electron chi connectivity index (χ3n) is 3.82. The number of hydrogen-bond donors (Lipinski definition) is 0. The Labute approximate surface area is 137 Å². The zero-order chi connectivity index (χ0) is 16.2. The fourth-order valence-electron chi connectivity index (χ4n) is 2.66. The Bertz CT molecular complexity index is 702. The number of nitro groups is 1. The summed E-state index contributed by atoms with van der Waals surface area (Å²) in [5.74, 6) is 1.41. The Kier molecular flexibility index (Phi) is 4.66. The van der Waals surface area contributed by atoms with Crippen LogP contribution in [0.25, 0.3) is 0 Å². The molecular weight excluding hydrogens is 316 g/mol. The predicted octanol–water partition coefficient (Wildman–Crippen LogP) is 3.51. The van der Waals surface area contributed by atoms with E-state index in [0.29, 0.717) is 13.1 Å². The Morgan fingerprint density at radius 2 is 2.09 bits per heavy atom. The maximum absolute atomic E-state index is 12.7. The van der Waals surface area contributed by atoms with Gasteiger partial charge in [0, 0.05) is 24.9 Å². The Hall–Kier alpha value is -2.28. The van der Waals surface area contributed by atoms with Gasteiger partial charge in [-0.1, -0.05) is 12.1 Å². The standard InChI is InChI=1S/C16H16N2O4S/c19-16(12-4-1-2-5-13(12)18(20)21)17-8-7-15(23-11-9-17)14-6-3-10-22-14/h1-6,10,15H,7-9,11H2. The van der Waals surface area contributed by atoms with Gasteiger partial charge in [0.25, 0.3) is 11.6 Å². The third kappa shape index (κ3) is 3.39. The van der Waals surface area contributed by atoms with E-state index in [1.165, 1.54) is 12.1 Å². The predicted molar refractivity (Wildman–Crippen MR) is 87.5 cm³/mol. The monoisotopic (exact) mass is 332 g/mol. The van der Waals surface area contributed by atoms with Crippen molar-refractivity contribution < 1.29 is 14.1 Å². The maximum atomic E-state index is 12.7. The first kappa shape index (κ1) is 15.6. The highest BCUT2D eigenvalue weighted by atomic mass is 32.2. The quantitative estimate of drug-likeness (QED) is 0.635. The van der Waals surface area contributed by atoms with Crippen LogP contribution in [-0.4, -0.2) is 34.6 Å². The van der Waals surface area contributed by atoms with Gasteiger partial charge >= 0.3 is 0 Å². The summed E-state index contributed by atoms with van der Waals surface area (Å²) in [4.78, 5) is 24.9. The van der Waals surface area contributed by atoms with Gasteiger partial charge in [-0.05, 0) is 24.6 Å². The molecule has 1 aliphatic heterocycles. The van der Waals surface area contributed by atoms with Gasteiger partial charge in [0.2, 0.25) is 0 Å². The van der Waals surface area contributed by atoms with E-state index in [1.54, 1.807) is 35.1 Å². The van der Waals surface area contributed by atoms with E-state index in [9.17, 15) is 14.9 Å². The number of amides is 1. The molecular formula is C16H16N2O4S. The molecule has 2 heterocycles. The second-order valence-electron chi connectivity index (χ2n) is 5.23. The van der Waals surface area contributed by atoms with Crippen LogP contribution in [0.15, 0.2) is 47.1 Å². The molecule has 1 aromatic heterocycles. The molecule has 0 N–H and O–H groups in total. The van der Waals surface area contributed by atoms with Crippen molar-refractivity contribution in [2.45, 2.75) is 11.7 Å². The van der Waals surface area contributed by atoms with Crippen LogP contribution in [0.4, 0.5) is 5.69 Å². The van der Waals surface area contributed by atoms with Gasteiger partial charge in [0.1, 0.15) is 11.3 Å². The normalized spacial score (nSPS) is 18.4. The van der Waals surface area contributed by atoms with E-state index in [2.05, 4.69) is 0 Å². The third-order valence-corrected chi connectivity index (χ3v) is 5.11. The second-order valence-corrected chi connectivity index (χ2v) is 6.54. The topological polar surface area (TPSA) is 76.6 Å². The number of furan rings is 1. The van der Waals surface area contributed by atoms with Crippen LogP contribution < -0.4 is 0 Å². The fraction of sp³-hybridized carbons (Fsp3) is 0.312. The summed E-state index contributed by atoms with van der Waals surface area (Å²) in [5, 5.41) is 11.3. The summed E-state index contributed by atoms with van der Waals surface area (Å²) in [7, 11) is 0. The lowest BCUT2D eigenvalue weighted by Gasteiger charge is -2.20. The molecule has 1 fully saturated rings. The van der Waals surface area contributed by atoms with E-state index in [0.717, 1.165) is 17.9 Å². The van der Waals surface area contributed by atoms with Gasteiger partial charge in [-0.2, -0.15) is 0 Å². The molecule has 0 radical (unpaired) electrons. The zero-order valence-electron chi connectivity index (χ0n) is 12.4. The number of carbonyl (C=O) groups is 1. The number of para-hydroxylation sites is 1. The molecule has 3 rings (SSSR count). The first-order valence-corrected chi connectivity index (χ1v) is 8.39. The Balaban J connectivity index is 1.75. The largest absolute Gasteiger partial charge is 0.468 e. The molecule has 1 aromatic carbocycles. The maximum Gasteiger partial charge on any atom is 0.282 e. The highest BCUT2D eigenvalue weighted by Gasteiger charge is 2.27. The lowest BCUT2D eigenvalue weighted by molar-refractivity contribution is -0.385. The van der Waals surface area contributed by atoms with Crippen molar-refractivity contribution in [1.82, 2.24) is 4.90 Å². The first-order chi connectivity index (χ1) is 11.2. The number of carbonyl (C=O) groups excluding carboxylic acids is 1. The molecule has 1 atom stereocenters. The Morgan fingerprint density at radius 1 is 1.26 bits per heavy atom. The summed E-state index contributed by atoms with van der Waals surface area (Å²) < 4.78 is 5.45. The number of benzene rings is 1. The van der Waals surface area contributed by atoms with Crippen LogP contribution in [0, 0.1) is 10.1 Å². The molecule has 1 saturated heterocycles. The molecule has 120 valence electrons. The van der Waals surface area contributed by atoms with Gasteiger partial charge in [-0.25, -0.2) is 0 Å². The van der Waals surface area contributed by atoms with Crippen LogP contribution in [-0.2, 0) is 0 Å². The van der Waals surface area contributed by atoms with Crippen LogP contribution in [0.2, 0.25) is 0 Å². The molecule has 1 aliphatic rings. The van der Waals surface area contributed by atoms with Crippen molar-refractivity contribution in [3.05, 3.63) is 64.1 Å². The van der Waals surface area contributed by atoms with Gasteiger partial charge in [0.05, 0.1) is 16.4 Å². The minimum Gasteiger partial charge on any atom is -0.468 e. The minimum atomic E-state index is -0.508. The van der Waals surface area contributed by atoms with E-state index >= 15 is 0 Å². The minimum absolute atomic E-state index is 0.142. The summed E-state index contributed by atoms with van der Waals surface area (Å²) in [6, 6.07) is 9.90. The molecule has 2 aromatic rings. The van der Waals surface area contributed by atoms with Gasteiger partial charge in [0.15, 0.2) is 0 Å². The average molecular weight is 332 g/mol. The molecule has 6 nitrogen and oxygen atoms in total. The van der Waals surface area contributed by atoms with Crippen LogP contribution in [0.1, 0.15) is 27.8 Å². The lowest BCUT2D eigenvalue weighted by Crippen LogP contribution is -2.33. The van der Waals surface area contributed by atoms with Gasteiger partial charge in [-0.3, -0.25) is 14.9 Å². The fourth-order valence-corrected chi connectivity index (χ4v) is 3.84. The zero-order valence-corrected chi connectivity index (χ0v) is 13.2. The summed E-state index contributed by atoms with van der Waals surface area (Å²) >= 11 is 1.75. The molecule has 0 spiro atoms. The summed E-state index contributed by atoms with van der Waals surface area (Å²) in [6.45, 7) is 1.13. The SMILES string of the molecule is O=C(c1ccccc1[N+](=O)[O-])N1CCSC(c2ccco2)CC1. The van der Waals surface area contributed by atoms with E-state index in [4.69, 9.17) is 4.42 Å². The average Bonchev–Trinajstić information content (AvgIpc) is 2.99. The van der Waals surface area contributed by atoms with Crippen molar-refractivity contribution in [1.29, 1.82) is 0 Å². The van der Waals surface area contributed by atoms with Gasteiger partial charge in [-0.15, -0.1) is 11.8 Å². The molecule has 0 saturated carbocycles. The number of thioether (sulfide) groups is 1. The smallest absolute Gasteiger partial charge is 0.282 e. The Morgan fingerprint density at radius 3 is 2.83 bits per heavy atom. The molecule has 7 heteroatoms. The van der Waals surface area contributed by atoms with E-state index in [1.807, 2.05) is 12.1 Å². The molecule has 1 amide bonds. The highest BCUT2D eigenvalue weighted by molar-refractivity contribution is 7.99. The highest BCUT2D eigenvalue weighted by Crippen LogP contribution is 2.35. The summed E-state index contributed by atoms with van der Waals surface area (Å²) in [6.07, 6.45) is 2.42. The first-order valence-electron chi connectivity index (χ1n) is 7.34. The number of nitro benzene ring substituents is 1. The van der Waals surface area contributed by atoms with Crippen molar-refractivity contribution in [3.8, 4) is 0 Å². The number of rotatable bonds is 3. The number of nitrogens with zero attached hydrogens (tertiary/aromatic N) is 2. The van der Waals surface area contributed by atoms with E-state index < -0.39 is 4.92 Å². The lowest BCUT2D eigenvalue weighted by atomic mass is 10.1. The van der Waals surface area contributed by atoms with Crippen molar-refractivity contribution in [3.63, 3.8) is 0 Å². The molecule has 23 heavy (non-hydrogen) atoms. The van der Waals surface area contributed by atoms with Crippen molar-refractivity contribution in [2.75, 3.05) is 18.8 Å². The van der Waals surface area contributed by atoms with Gasteiger partial charge < -0.3 is 9.32 Å². The van der Waals surface area contributed by atoms with E-state index in [-0.39, 0.29) is 22.4 Å². The van der Waals surface area contributed by atoms with Crippen LogP contribution in [0.5, 0.6) is 0 Å². The van der Waals surface area contributed by atoms with Crippen molar-refractivity contribution >= 4 is 23.4 Å². The molecule has 0 aliphatic carbocycles. The second kappa shape index (κ2) is 6.87. The summed E-state index contributed by atoms with van der Waals surface area (Å²) in [5.41, 5.74) is 0.0101.